The Morgan fingerprint density at radius 2 is 1.96 bits per heavy atom. The quantitative estimate of drug-likeness (QED) is 0.808. The van der Waals surface area contributed by atoms with E-state index in [0.717, 1.165) is 56.6 Å². The van der Waals surface area contributed by atoms with Crippen LogP contribution in [0.4, 0.5) is 13.2 Å². The molecule has 2 aliphatic heterocycles. The Hall–Kier alpha value is -1.31. The summed E-state index contributed by atoms with van der Waals surface area (Å²) in [4.78, 5) is 14.6. The second-order valence-electron chi connectivity index (χ2n) is 7.50. The van der Waals surface area contributed by atoms with E-state index in [-0.39, 0.29) is 30.3 Å². The molecule has 0 spiro atoms. The number of halogens is 4. The highest BCUT2D eigenvalue weighted by Gasteiger charge is 2.31. The molecule has 1 aromatic rings. The lowest BCUT2D eigenvalue weighted by Gasteiger charge is -2.28. The first kappa shape index (κ1) is 22.0. The van der Waals surface area contributed by atoms with Crippen LogP contribution in [0.3, 0.4) is 0 Å². The first-order chi connectivity index (χ1) is 12.3. The number of nitrogens with one attached hydrogen (secondary N) is 2. The van der Waals surface area contributed by atoms with Crippen LogP contribution in [0.5, 0.6) is 0 Å². The van der Waals surface area contributed by atoms with Crippen LogP contribution in [0.2, 0.25) is 0 Å². The first-order valence-corrected chi connectivity index (χ1v) is 9.23. The Morgan fingerprint density at radius 3 is 2.59 bits per heavy atom. The zero-order chi connectivity index (χ0) is 18.7. The molecule has 4 nitrogen and oxygen atoms in total. The van der Waals surface area contributed by atoms with E-state index in [2.05, 4.69) is 22.5 Å². The van der Waals surface area contributed by atoms with Gasteiger partial charge in [0.1, 0.15) is 0 Å². The molecule has 1 amide bonds. The maximum absolute atomic E-state index is 12.6. The highest BCUT2D eigenvalue weighted by atomic mass is 35.5. The molecule has 2 fully saturated rings. The van der Waals surface area contributed by atoms with Gasteiger partial charge >= 0.3 is 6.18 Å². The number of hydrogen-bond donors (Lipinski definition) is 2. The molecular weight excluding hydrogens is 379 g/mol. The Balaban J connectivity index is 0.00000261. The summed E-state index contributed by atoms with van der Waals surface area (Å²) in [5, 5.41) is 6.51. The standard InChI is InChI=1S/C19H26F3N3O.ClH/c1-13-10-15(6-8-23-13)18(26)24-17-7-9-25(12-17)11-14-2-4-16(5-3-14)19(20,21)22;/h2-5,13,15,17,23H,6-12H2,1H3,(H,24,26);1H/t13-,15-,17?;/m0./s1. The summed E-state index contributed by atoms with van der Waals surface area (Å²) in [7, 11) is 0. The summed E-state index contributed by atoms with van der Waals surface area (Å²) < 4.78 is 37.9. The highest BCUT2D eigenvalue weighted by molar-refractivity contribution is 5.85. The minimum absolute atomic E-state index is 0. The van der Waals surface area contributed by atoms with Crippen LogP contribution in [0.1, 0.15) is 37.3 Å². The third-order valence-corrected chi connectivity index (χ3v) is 5.30. The Bertz CT molecular complexity index is 624. The van der Waals surface area contributed by atoms with Crippen molar-refractivity contribution in [1.29, 1.82) is 0 Å². The van der Waals surface area contributed by atoms with Crippen molar-refractivity contribution in [3.63, 3.8) is 0 Å². The van der Waals surface area contributed by atoms with Gasteiger partial charge in [0.2, 0.25) is 5.91 Å². The molecule has 3 atom stereocenters. The van der Waals surface area contributed by atoms with Gasteiger partial charge in [-0.05, 0) is 50.4 Å². The van der Waals surface area contributed by atoms with E-state index in [1.54, 1.807) is 0 Å². The average molecular weight is 406 g/mol. The lowest BCUT2D eigenvalue weighted by atomic mass is 9.92. The maximum Gasteiger partial charge on any atom is 0.416 e. The summed E-state index contributed by atoms with van der Waals surface area (Å²) in [6.45, 7) is 5.17. The molecule has 0 radical (unpaired) electrons. The largest absolute Gasteiger partial charge is 0.416 e. The molecule has 0 aromatic heterocycles. The summed E-state index contributed by atoms with van der Waals surface area (Å²) in [5.74, 6) is 0.218. The number of nitrogens with zero attached hydrogens (tertiary/aromatic N) is 1. The normalized spacial score (nSPS) is 26.4. The number of hydrogen-bond acceptors (Lipinski definition) is 3. The van der Waals surface area contributed by atoms with E-state index in [0.29, 0.717) is 12.6 Å². The summed E-state index contributed by atoms with van der Waals surface area (Å²) >= 11 is 0. The van der Waals surface area contributed by atoms with Crippen LogP contribution in [0.25, 0.3) is 0 Å². The van der Waals surface area contributed by atoms with Gasteiger partial charge in [0.25, 0.3) is 0 Å². The molecule has 3 rings (SSSR count). The van der Waals surface area contributed by atoms with E-state index in [4.69, 9.17) is 0 Å². The van der Waals surface area contributed by atoms with Crippen molar-refractivity contribution in [1.82, 2.24) is 15.5 Å². The van der Waals surface area contributed by atoms with Gasteiger partial charge in [-0.2, -0.15) is 13.2 Å². The molecule has 2 N–H and O–H groups in total. The molecule has 0 bridgehead atoms. The number of carbonyl (C=O) groups is 1. The smallest absolute Gasteiger partial charge is 0.352 e. The fourth-order valence-electron chi connectivity index (χ4n) is 3.84. The minimum Gasteiger partial charge on any atom is -0.352 e. The van der Waals surface area contributed by atoms with Gasteiger partial charge in [-0.15, -0.1) is 12.4 Å². The van der Waals surface area contributed by atoms with Gasteiger partial charge in [0.05, 0.1) is 5.56 Å². The van der Waals surface area contributed by atoms with Crippen LogP contribution in [-0.4, -0.2) is 42.5 Å². The number of carbonyl (C=O) groups excluding carboxylic acids is 1. The molecule has 0 aliphatic carbocycles. The van der Waals surface area contributed by atoms with Crippen LogP contribution < -0.4 is 10.6 Å². The second-order valence-corrected chi connectivity index (χ2v) is 7.50. The number of amides is 1. The third kappa shape index (κ3) is 6.09. The summed E-state index contributed by atoms with van der Waals surface area (Å²) in [6, 6.07) is 5.82. The molecule has 152 valence electrons. The predicted octanol–water partition coefficient (Wildman–Crippen LogP) is 3.21. The van der Waals surface area contributed by atoms with E-state index >= 15 is 0 Å². The van der Waals surface area contributed by atoms with Crippen LogP contribution in [0, 0.1) is 5.92 Å². The molecule has 2 heterocycles. The minimum atomic E-state index is -4.30. The van der Waals surface area contributed by atoms with E-state index in [1.165, 1.54) is 12.1 Å². The molecule has 2 aliphatic rings. The average Bonchev–Trinajstić information content (AvgIpc) is 3.01. The van der Waals surface area contributed by atoms with E-state index < -0.39 is 11.7 Å². The van der Waals surface area contributed by atoms with Gasteiger partial charge in [0, 0.05) is 37.6 Å². The van der Waals surface area contributed by atoms with Gasteiger partial charge in [-0.3, -0.25) is 9.69 Å². The summed E-state index contributed by atoms with van der Waals surface area (Å²) in [6.07, 6.45) is -1.67. The molecule has 1 aromatic carbocycles. The van der Waals surface area contributed by atoms with Gasteiger partial charge in [-0.1, -0.05) is 12.1 Å². The zero-order valence-corrected chi connectivity index (χ0v) is 16.2. The number of likely N-dealkylation sites (tertiary alicyclic amines) is 1. The number of benzene rings is 1. The molecule has 27 heavy (non-hydrogen) atoms. The van der Waals surface area contributed by atoms with Crippen molar-refractivity contribution in [2.24, 2.45) is 5.92 Å². The van der Waals surface area contributed by atoms with E-state index in [9.17, 15) is 18.0 Å². The van der Waals surface area contributed by atoms with Crippen molar-refractivity contribution in [2.75, 3.05) is 19.6 Å². The van der Waals surface area contributed by atoms with Crippen molar-refractivity contribution in [3.8, 4) is 0 Å². The number of alkyl halides is 3. The molecular formula is C19H27ClF3N3O. The Morgan fingerprint density at radius 1 is 1.26 bits per heavy atom. The van der Waals surface area contributed by atoms with Crippen LogP contribution in [-0.2, 0) is 17.5 Å². The van der Waals surface area contributed by atoms with Gasteiger partial charge < -0.3 is 10.6 Å². The van der Waals surface area contributed by atoms with Crippen LogP contribution in [0.15, 0.2) is 24.3 Å². The zero-order valence-electron chi connectivity index (χ0n) is 15.4. The first-order valence-electron chi connectivity index (χ1n) is 9.23. The lowest BCUT2D eigenvalue weighted by Crippen LogP contribution is -2.45. The third-order valence-electron chi connectivity index (χ3n) is 5.30. The van der Waals surface area contributed by atoms with Crippen molar-refractivity contribution in [3.05, 3.63) is 35.4 Å². The van der Waals surface area contributed by atoms with Crippen LogP contribution >= 0.6 is 12.4 Å². The fraction of sp³-hybridized carbons (Fsp3) is 0.632. The van der Waals surface area contributed by atoms with Crippen molar-refractivity contribution >= 4 is 18.3 Å². The molecule has 0 saturated carbocycles. The monoisotopic (exact) mass is 405 g/mol. The molecule has 8 heteroatoms. The van der Waals surface area contributed by atoms with Gasteiger partial charge in [-0.25, -0.2) is 0 Å². The summed E-state index contributed by atoms with van der Waals surface area (Å²) in [5.41, 5.74) is 0.237. The molecule has 1 unspecified atom stereocenters. The van der Waals surface area contributed by atoms with Gasteiger partial charge in [0.15, 0.2) is 0 Å². The number of rotatable bonds is 4. The molecule has 2 saturated heterocycles. The SMILES string of the molecule is C[C@H]1C[C@@H](C(=O)NC2CCN(Cc3ccc(C(F)(F)F)cc3)C2)CCN1.Cl. The predicted molar refractivity (Wildman–Crippen MR) is 101 cm³/mol. The number of piperidine rings is 1. The topological polar surface area (TPSA) is 44.4 Å². The highest BCUT2D eigenvalue weighted by Crippen LogP contribution is 2.29. The van der Waals surface area contributed by atoms with Crippen molar-refractivity contribution in [2.45, 2.75) is 51.0 Å². The fourth-order valence-corrected chi connectivity index (χ4v) is 3.84. The van der Waals surface area contributed by atoms with E-state index in [1.807, 2.05) is 0 Å². The second kappa shape index (κ2) is 9.26. The Kier molecular flexibility index (Phi) is 7.54. The Labute approximate surface area is 164 Å². The lowest BCUT2D eigenvalue weighted by molar-refractivity contribution is -0.137. The maximum atomic E-state index is 12.6. The van der Waals surface area contributed by atoms with Crippen molar-refractivity contribution < 1.29 is 18.0 Å².